The van der Waals surface area contributed by atoms with Crippen molar-refractivity contribution in [2.75, 3.05) is 27.9 Å². The molecular formula is C21H28FN3O3. The summed E-state index contributed by atoms with van der Waals surface area (Å²) in [6, 6.07) is 8.75. The van der Waals surface area contributed by atoms with Crippen LogP contribution in [0.2, 0.25) is 0 Å². The van der Waals surface area contributed by atoms with Gasteiger partial charge in [-0.2, -0.15) is 0 Å². The van der Waals surface area contributed by atoms with Gasteiger partial charge in [-0.15, -0.1) is 0 Å². The normalized spacial score (nSPS) is 11.1. The number of hydrogen-bond donors (Lipinski definition) is 2. The van der Waals surface area contributed by atoms with Gasteiger partial charge in [-0.25, -0.2) is 9.38 Å². The van der Waals surface area contributed by atoms with Crippen molar-refractivity contribution < 1.29 is 18.6 Å². The van der Waals surface area contributed by atoms with Crippen LogP contribution < -0.4 is 24.8 Å². The maximum atomic E-state index is 13.7. The molecule has 152 valence electrons. The minimum atomic E-state index is -0.224. The molecule has 0 saturated heterocycles. The van der Waals surface area contributed by atoms with Gasteiger partial charge in [0.1, 0.15) is 23.1 Å². The van der Waals surface area contributed by atoms with Gasteiger partial charge in [-0.05, 0) is 31.0 Å². The second kappa shape index (κ2) is 10.4. The van der Waals surface area contributed by atoms with Gasteiger partial charge >= 0.3 is 0 Å². The van der Waals surface area contributed by atoms with Gasteiger partial charge < -0.3 is 24.8 Å². The van der Waals surface area contributed by atoms with Crippen LogP contribution in [0.25, 0.3) is 0 Å². The van der Waals surface area contributed by atoms with E-state index in [1.165, 1.54) is 6.07 Å². The summed E-state index contributed by atoms with van der Waals surface area (Å²) in [5.41, 5.74) is 2.27. The Hall–Kier alpha value is -2.96. The third-order valence-corrected chi connectivity index (χ3v) is 4.25. The number of rotatable bonds is 8. The highest BCUT2D eigenvalue weighted by atomic mass is 19.1. The number of benzene rings is 2. The average Bonchev–Trinajstić information content (AvgIpc) is 2.71. The highest BCUT2D eigenvalue weighted by Crippen LogP contribution is 2.33. The molecule has 2 aromatic rings. The molecular weight excluding hydrogens is 361 g/mol. The average molecular weight is 389 g/mol. The lowest BCUT2D eigenvalue weighted by atomic mass is 10.1. The third-order valence-electron chi connectivity index (χ3n) is 4.25. The van der Waals surface area contributed by atoms with E-state index in [0.717, 1.165) is 11.1 Å². The fourth-order valence-corrected chi connectivity index (χ4v) is 2.67. The standard InChI is InChI=1S/C21H28FN3O3/c1-6-23-21(24-12-15-8-7-14(2)18(22)9-15)25-13-17-19(27-4)10-16(26-3)11-20(17)28-5/h7-11H,6,12-13H2,1-5H3,(H2,23,24,25). The van der Waals surface area contributed by atoms with Crippen molar-refractivity contribution in [2.45, 2.75) is 26.9 Å². The van der Waals surface area contributed by atoms with Crippen molar-refractivity contribution in [1.82, 2.24) is 10.6 Å². The second-order valence-corrected chi connectivity index (χ2v) is 6.14. The van der Waals surface area contributed by atoms with E-state index in [-0.39, 0.29) is 5.82 Å². The molecule has 0 bridgehead atoms. The number of aryl methyl sites for hydroxylation is 1. The van der Waals surface area contributed by atoms with Gasteiger partial charge in [0.05, 0.1) is 40.0 Å². The van der Waals surface area contributed by atoms with Gasteiger partial charge in [0, 0.05) is 18.7 Å². The summed E-state index contributed by atoms with van der Waals surface area (Å²) in [6.45, 7) is 5.22. The second-order valence-electron chi connectivity index (χ2n) is 6.14. The largest absolute Gasteiger partial charge is 0.496 e. The smallest absolute Gasteiger partial charge is 0.191 e. The maximum Gasteiger partial charge on any atom is 0.191 e. The van der Waals surface area contributed by atoms with E-state index in [4.69, 9.17) is 14.2 Å². The van der Waals surface area contributed by atoms with Crippen LogP contribution in [0.3, 0.4) is 0 Å². The molecule has 0 fully saturated rings. The molecule has 2 rings (SSSR count). The molecule has 2 aromatic carbocycles. The van der Waals surface area contributed by atoms with E-state index in [1.54, 1.807) is 46.5 Å². The predicted molar refractivity (Wildman–Crippen MR) is 109 cm³/mol. The molecule has 0 saturated carbocycles. The highest BCUT2D eigenvalue weighted by Gasteiger charge is 2.13. The monoisotopic (exact) mass is 389 g/mol. The van der Waals surface area contributed by atoms with E-state index >= 15 is 0 Å². The van der Waals surface area contributed by atoms with Crippen molar-refractivity contribution >= 4 is 5.96 Å². The summed E-state index contributed by atoms with van der Waals surface area (Å²) in [4.78, 5) is 4.54. The summed E-state index contributed by atoms with van der Waals surface area (Å²) in [5, 5.41) is 6.45. The van der Waals surface area contributed by atoms with E-state index in [9.17, 15) is 4.39 Å². The minimum absolute atomic E-state index is 0.224. The summed E-state index contributed by atoms with van der Waals surface area (Å²) in [6.07, 6.45) is 0. The van der Waals surface area contributed by atoms with E-state index in [1.807, 2.05) is 13.0 Å². The SMILES string of the molecule is CCNC(=NCc1ccc(C)c(F)c1)NCc1c(OC)cc(OC)cc1OC. The molecule has 0 aliphatic carbocycles. The Bertz CT molecular complexity index is 800. The first-order chi connectivity index (χ1) is 13.5. The van der Waals surface area contributed by atoms with Crippen LogP contribution in [0.1, 0.15) is 23.6 Å². The van der Waals surface area contributed by atoms with Crippen molar-refractivity contribution in [3.8, 4) is 17.2 Å². The molecule has 0 unspecified atom stereocenters. The van der Waals surface area contributed by atoms with Crippen molar-refractivity contribution in [1.29, 1.82) is 0 Å². The van der Waals surface area contributed by atoms with Gasteiger partial charge in [-0.1, -0.05) is 12.1 Å². The number of guanidine groups is 1. The Morgan fingerprint density at radius 2 is 1.68 bits per heavy atom. The molecule has 0 radical (unpaired) electrons. The minimum Gasteiger partial charge on any atom is -0.496 e. The number of nitrogens with zero attached hydrogens (tertiary/aromatic N) is 1. The summed E-state index contributed by atoms with van der Waals surface area (Å²) < 4.78 is 30.0. The fourth-order valence-electron chi connectivity index (χ4n) is 2.67. The summed E-state index contributed by atoms with van der Waals surface area (Å²) in [5.74, 6) is 2.35. The van der Waals surface area contributed by atoms with E-state index < -0.39 is 0 Å². The number of hydrogen-bond acceptors (Lipinski definition) is 4. The van der Waals surface area contributed by atoms with Gasteiger partial charge in [-0.3, -0.25) is 0 Å². The molecule has 0 spiro atoms. The zero-order chi connectivity index (χ0) is 20.5. The number of nitrogens with one attached hydrogen (secondary N) is 2. The molecule has 28 heavy (non-hydrogen) atoms. The first kappa shape index (κ1) is 21.3. The lowest BCUT2D eigenvalue weighted by Gasteiger charge is -2.17. The number of methoxy groups -OCH3 is 3. The Balaban J connectivity index is 2.17. The van der Waals surface area contributed by atoms with E-state index in [2.05, 4.69) is 15.6 Å². The highest BCUT2D eigenvalue weighted by molar-refractivity contribution is 5.80. The zero-order valence-electron chi connectivity index (χ0n) is 17.1. The number of ether oxygens (including phenoxy) is 3. The first-order valence-electron chi connectivity index (χ1n) is 9.08. The summed E-state index contributed by atoms with van der Waals surface area (Å²) >= 11 is 0. The Kier molecular flexibility index (Phi) is 7.92. The van der Waals surface area contributed by atoms with Crippen LogP contribution in [0.4, 0.5) is 4.39 Å². The Labute approximate surface area is 165 Å². The van der Waals surface area contributed by atoms with Gasteiger partial charge in [0.25, 0.3) is 0 Å². The fraction of sp³-hybridized carbons (Fsp3) is 0.381. The van der Waals surface area contributed by atoms with Crippen LogP contribution in [-0.4, -0.2) is 33.8 Å². The number of aliphatic imine (C=N–C) groups is 1. The summed E-state index contributed by atoms with van der Waals surface area (Å²) in [7, 11) is 4.79. The lowest BCUT2D eigenvalue weighted by Crippen LogP contribution is -2.37. The topological polar surface area (TPSA) is 64.1 Å². The molecule has 0 aliphatic heterocycles. The zero-order valence-corrected chi connectivity index (χ0v) is 17.1. The van der Waals surface area contributed by atoms with Crippen LogP contribution in [-0.2, 0) is 13.1 Å². The first-order valence-corrected chi connectivity index (χ1v) is 9.08. The Morgan fingerprint density at radius 1 is 1.00 bits per heavy atom. The van der Waals surface area contributed by atoms with Gasteiger partial charge in [0.15, 0.2) is 5.96 Å². The van der Waals surface area contributed by atoms with Crippen LogP contribution in [0.5, 0.6) is 17.2 Å². The third kappa shape index (κ3) is 5.52. The predicted octanol–water partition coefficient (Wildman–Crippen LogP) is 3.42. The molecule has 0 aromatic heterocycles. The maximum absolute atomic E-state index is 13.7. The van der Waals surface area contributed by atoms with E-state index in [0.29, 0.717) is 48.4 Å². The molecule has 2 N–H and O–H groups in total. The van der Waals surface area contributed by atoms with Gasteiger partial charge in [0.2, 0.25) is 0 Å². The lowest BCUT2D eigenvalue weighted by molar-refractivity contribution is 0.368. The van der Waals surface area contributed by atoms with Crippen LogP contribution in [0.15, 0.2) is 35.3 Å². The molecule has 0 amide bonds. The van der Waals surface area contributed by atoms with Crippen LogP contribution in [0, 0.1) is 12.7 Å². The molecule has 0 atom stereocenters. The molecule has 6 nitrogen and oxygen atoms in total. The molecule has 0 heterocycles. The van der Waals surface area contributed by atoms with Crippen molar-refractivity contribution in [3.05, 3.63) is 52.8 Å². The Morgan fingerprint density at radius 3 is 2.21 bits per heavy atom. The molecule has 7 heteroatoms. The number of halogens is 1. The van der Waals surface area contributed by atoms with Crippen molar-refractivity contribution in [3.63, 3.8) is 0 Å². The quantitative estimate of drug-likeness (QED) is 0.535. The van der Waals surface area contributed by atoms with Crippen molar-refractivity contribution in [2.24, 2.45) is 4.99 Å². The molecule has 0 aliphatic rings. The van der Waals surface area contributed by atoms with Crippen LogP contribution >= 0.6 is 0 Å².